The zero-order valence-corrected chi connectivity index (χ0v) is 12.2. The number of urea groups is 1. The maximum Gasteiger partial charge on any atom is 0.325 e. The fourth-order valence-electron chi connectivity index (χ4n) is 3.40. The first-order valence-corrected chi connectivity index (χ1v) is 7.49. The molecule has 1 spiro atoms. The molecule has 2 N–H and O–H groups in total. The topological polar surface area (TPSA) is 86.7 Å². The average Bonchev–Trinajstić information content (AvgIpc) is 2.72. The third-order valence-corrected chi connectivity index (χ3v) is 4.42. The second-order valence-corrected chi connectivity index (χ2v) is 5.80. The molecule has 3 amide bonds. The largest absolute Gasteiger partial charge is 0.481 e. The molecular formula is C16H18N2O4. The van der Waals surface area contributed by atoms with E-state index in [-0.39, 0.29) is 25.3 Å². The van der Waals surface area contributed by atoms with Crippen LogP contribution < -0.4 is 5.32 Å². The van der Waals surface area contributed by atoms with Gasteiger partial charge in [0, 0.05) is 13.0 Å². The number of rotatable bonds is 4. The van der Waals surface area contributed by atoms with Crippen LogP contribution in [0.4, 0.5) is 4.79 Å². The molecule has 1 unspecified atom stereocenters. The number of carbonyl (C=O) groups is 3. The van der Waals surface area contributed by atoms with Crippen molar-refractivity contribution in [2.45, 2.75) is 37.6 Å². The van der Waals surface area contributed by atoms with Crippen LogP contribution in [0.2, 0.25) is 0 Å². The molecule has 6 nitrogen and oxygen atoms in total. The minimum Gasteiger partial charge on any atom is -0.481 e. The maximum atomic E-state index is 12.8. The van der Waals surface area contributed by atoms with Crippen molar-refractivity contribution in [2.75, 3.05) is 6.54 Å². The molecule has 3 rings (SSSR count). The third-order valence-electron chi connectivity index (χ3n) is 4.42. The molecule has 1 saturated heterocycles. The summed E-state index contributed by atoms with van der Waals surface area (Å²) in [5, 5.41) is 11.5. The lowest BCUT2D eigenvalue weighted by Crippen LogP contribution is -2.46. The van der Waals surface area contributed by atoms with Crippen molar-refractivity contribution < 1.29 is 19.5 Å². The molecule has 1 heterocycles. The number of fused-ring (bicyclic) bond motifs is 2. The minimum absolute atomic E-state index is 0.0549. The summed E-state index contributed by atoms with van der Waals surface area (Å²) >= 11 is 0. The van der Waals surface area contributed by atoms with Crippen LogP contribution in [0.1, 0.15) is 36.8 Å². The maximum absolute atomic E-state index is 12.8. The predicted molar refractivity (Wildman–Crippen MR) is 78.2 cm³/mol. The van der Waals surface area contributed by atoms with Crippen LogP contribution in [-0.4, -0.2) is 34.5 Å². The number of carboxylic acid groups (broad SMARTS) is 1. The summed E-state index contributed by atoms with van der Waals surface area (Å²) in [4.78, 5) is 36.8. The zero-order chi connectivity index (χ0) is 15.7. The Hall–Kier alpha value is -2.37. The van der Waals surface area contributed by atoms with Gasteiger partial charge in [-0.3, -0.25) is 14.5 Å². The molecule has 0 aromatic heterocycles. The molecule has 0 saturated carbocycles. The standard InChI is InChI=1S/C16H18N2O4/c19-13(20)8-4-10-18-14(21)16(17-15(18)22)9-3-6-11-5-1-2-7-12(11)16/h1-2,5,7H,3-4,6,8-10H2,(H,17,22)(H,19,20). The Morgan fingerprint density at radius 2 is 2.09 bits per heavy atom. The lowest BCUT2D eigenvalue weighted by molar-refractivity contribution is -0.138. The summed E-state index contributed by atoms with van der Waals surface area (Å²) in [5.74, 6) is -1.18. The molecule has 22 heavy (non-hydrogen) atoms. The molecule has 0 radical (unpaired) electrons. The molecule has 1 fully saturated rings. The van der Waals surface area contributed by atoms with Gasteiger partial charge in [-0.05, 0) is 36.8 Å². The SMILES string of the molecule is O=C(O)CCCN1C(=O)NC2(CCCc3ccccc32)C1=O. The van der Waals surface area contributed by atoms with E-state index in [0.717, 1.165) is 28.9 Å². The van der Waals surface area contributed by atoms with Crippen molar-refractivity contribution in [3.8, 4) is 0 Å². The van der Waals surface area contributed by atoms with Gasteiger partial charge in [0.25, 0.3) is 5.91 Å². The molecule has 116 valence electrons. The lowest BCUT2D eigenvalue weighted by atomic mass is 9.76. The van der Waals surface area contributed by atoms with Crippen molar-refractivity contribution in [3.63, 3.8) is 0 Å². The Balaban J connectivity index is 1.86. The lowest BCUT2D eigenvalue weighted by Gasteiger charge is -2.33. The van der Waals surface area contributed by atoms with Crippen LogP contribution in [0.25, 0.3) is 0 Å². The summed E-state index contributed by atoms with van der Waals surface area (Å²) < 4.78 is 0. The summed E-state index contributed by atoms with van der Waals surface area (Å²) in [6, 6.07) is 7.27. The van der Waals surface area contributed by atoms with Gasteiger partial charge in [-0.2, -0.15) is 0 Å². The number of nitrogens with zero attached hydrogens (tertiary/aromatic N) is 1. The number of carboxylic acids is 1. The number of hydrogen-bond donors (Lipinski definition) is 2. The van der Waals surface area contributed by atoms with E-state index in [2.05, 4.69) is 5.32 Å². The zero-order valence-electron chi connectivity index (χ0n) is 12.2. The highest BCUT2D eigenvalue weighted by molar-refractivity contribution is 6.07. The van der Waals surface area contributed by atoms with E-state index >= 15 is 0 Å². The highest BCUT2D eigenvalue weighted by Crippen LogP contribution is 2.39. The van der Waals surface area contributed by atoms with Gasteiger partial charge in [0.05, 0.1) is 0 Å². The normalized spacial score (nSPS) is 23.5. The number of benzene rings is 1. The molecular weight excluding hydrogens is 284 g/mol. The molecule has 6 heteroatoms. The first-order valence-electron chi connectivity index (χ1n) is 7.49. The minimum atomic E-state index is -0.963. The Kier molecular flexibility index (Phi) is 3.60. The molecule has 1 aromatic rings. The average molecular weight is 302 g/mol. The molecule has 2 aliphatic rings. The Morgan fingerprint density at radius 1 is 1.32 bits per heavy atom. The van der Waals surface area contributed by atoms with Crippen LogP contribution in [0, 0.1) is 0 Å². The van der Waals surface area contributed by atoms with Gasteiger partial charge < -0.3 is 10.4 Å². The number of carbonyl (C=O) groups excluding carboxylic acids is 2. The van der Waals surface area contributed by atoms with Gasteiger partial charge in [-0.15, -0.1) is 0 Å². The number of imide groups is 1. The van der Waals surface area contributed by atoms with E-state index in [9.17, 15) is 14.4 Å². The van der Waals surface area contributed by atoms with Crippen LogP contribution in [-0.2, 0) is 21.5 Å². The molecule has 1 aromatic carbocycles. The number of aryl methyl sites for hydroxylation is 1. The van der Waals surface area contributed by atoms with Crippen molar-refractivity contribution in [1.82, 2.24) is 10.2 Å². The number of aliphatic carboxylic acids is 1. The molecule has 0 bridgehead atoms. The van der Waals surface area contributed by atoms with E-state index in [1.807, 2.05) is 24.3 Å². The third kappa shape index (κ3) is 2.24. The summed E-state index contributed by atoms with van der Waals surface area (Å²) in [5.41, 5.74) is 1.00. The summed E-state index contributed by atoms with van der Waals surface area (Å²) in [6.45, 7) is 0.140. The second-order valence-electron chi connectivity index (χ2n) is 5.80. The number of amides is 3. The molecule has 1 aliphatic heterocycles. The second kappa shape index (κ2) is 5.44. The van der Waals surface area contributed by atoms with Crippen molar-refractivity contribution in [1.29, 1.82) is 0 Å². The van der Waals surface area contributed by atoms with Crippen molar-refractivity contribution in [3.05, 3.63) is 35.4 Å². The van der Waals surface area contributed by atoms with Crippen LogP contribution in [0.15, 0.2) is 24.3 Å². The van der Waals surface area contributed by atoms with Crippen molar-refractivity contribution >= 4 is 17.9 Å². The van der Waals surface area contributed by atoms with Crippen molar-refractivity contribution in [2.24, 2.45) is 0 Å². The van der Waals surface area contributed by atoms with Gasteiger partial charge in [-0.1, -0.05) is 24.3 Å². The summed E-state index contributed by atoms with van der Waals surface area (Å²) in [7, 11) is 0. The first kappa shape index (κ1) is 14.6. The van der Waals surface area contributed by atoms with Gasteiger partial charge in [-0.25, -0.2) is 4.79 Å². The van der Waals surface area contributed by atoms with E-state index < -0.39 is 17.5 Å². The van der Waals surface area contributed by atoms with Gasteiger partial charge in [0.1, 0.15) is 5.54 Å². The number of nitrogens with one attached hydrogen (secondary N) is 1. The fourth-order valence-corrected chi connectivity index (χ4v) is 3.40. The van der Waals surface area contributed by atoms with Gasteiger partial charge in [0.2, 0.25) is 0 Å². The Labute approximate surface area is 128 Å². The number of hydrogen-bond acceptors (Lipinski definition) is 3. The smallest absolute Gasteiger partial charge is 0.325 e. The highest BCUT2D eigenvalue weighted by atomic mass is 16.4. The Morgan fingerprint density at radius 3 is 2.86 bits per heavy atom. The van der Waals surface area contributed by atoms with E-state index in [1.54, 1.807) is 0 Å². The predicted octanol–water partition coefficient (Wildman–Crippen LogP) is 1.63. The Bertz CT molecular complexity index is 643. The molecule has 1 atom stereocenters. The van der Waals surface area contributed by atoms with Gasteiger partial charge in [0.15, 0.2) is 0 Å². The monoisotopic (exact) mass is 302 g/mol. The van der Waals surface area contributed by atoms with Crippen LogP contribution >= 0.6 is 0 Å². The van der Waals surface area contributed by atoms with Gasteiger partial charge >= 0.3 is 12.0 Å². The van der Waals surface area contributed by atoms with Crippen LogP contribution in [0.3, 0.4) is 0 Å². The van der Waals surface area contributed by atoms with E-state index in [0.29, 0.717) is 6.42 Å². The van der Waals surface area contributed by atoms with E-state index in [4.69, 9.17) is 5.11 Å². The molecule has 1 aliphatic carbocycles. The van der Waals surface area contributed by atoms with Crippen LogP contribution in [0.5, 0.6) is 0 Å². The van der Waals surface area contributed by atoms with E-state index in [1.165, 1.54) is 0 Å². The first-order chi connectivity index (χ1) is 10.5. The highest BCUT2D eigenvalue weighted by Gasteiger charge is 2.53. The quantitative estimate of drug-likeness (QED) is 0.828. The fraction of sp³-hybridized carbons (Fsp3) is 0.438. The summed E-state index contributed by atoms with van der Waals surface area (Å²) in [6.07, 6.45) is 2.54.